The fourth-order valence-corrected chi connectivity index (χ4v) is 3.58. The molecule has 1 aromatic carbocycles. The van der Waals surface area contributed by atoms with E-state index in [2.05, 4.69) is 34.8 Å². The van der Waals surface area contributed by atoms with E-state index >= 15 is 0 Å². The van der Waals surface area contributed by atoms with Crippen LogP contribution in [0, 0.1) is 0 Å². The summed E-state index contributed by atoms with van der Waals surface area (Å²) in [5.41, 5.74) is 5.99. The van der Waals surface area contributed by atoms with Crippen LogP contribution >= 0.6 is 0 Å². The van der Waals surface area contributed by atoms with Crippen LogP contribution in [0.5, 0.6) is 0 Å². The first kappa shape index (κ1) is 26.2. The van der Waals surface area contributed by atoms with Gasteiger partial charge < -0.3 is 19.8 Å². The minimum Gasteiger partial charge on any atom is -0.399 e. The highest BCUT2D eigenvalue weighted by Crippen LogP contribution is 2.36. The molecule has 8 nitrogen and oxygen atoms in total. The lowest BCUT2D eigenvalue weighted by atomic mass is 9.78. The zero-order chi connectivity index (χ0) is 24.2. The number of primary amides is 1. The smallest absolute Gasteiger partial charge is 0.399 e. The van der Waals surface area contributed by atoms with Crippen LogP contribution in [0.3, 0.4) is 0 Å². The second-order valence-electron chi connectivity index (χ2n) is 10.1. The van der Waals surface area contributed by atoms with Crippen molar-refractivity contribution in [2.45, 2.75) is 71.5 Å². The Hall–Kier alpha value is -2.01. The third kappa shape index (κ3) is 7.00. The van der Waals surface area contributed by atoms with Gasteiger partial charge in [0.1, 0.15) is 0 Å². The minimum atomic E-state index is -0.819. The van der Waals surface area contributed by atoms with Gasteiger partial charge in [-0.1, -0.05) is 43.9 Å². The van der Waals surface area contributed by atoms with Crippen LogP contribution in [0.15, 0.2) is 24.3 Å². The van der Waals surface area contributed by atoms with Crippen molar-refractivity contribution < 1.29 is 18.8 Å². The van der Waals surface area contributed by atoms with E-state index in [1.54, 1.807) is 0 Å². The average molecular weight is 460 g/mol. The van der Waals surface area contributed by atoms with Crippen LogP contribution in [-0.4, -0.2) is 60.7 Å². The molecule has 1 aliphatic rings. The Bertz CT molecular complexity index is 895. The Balaban J connectivity index is 0.000000344. The van der Waals surface area contributed by atoms with Gasteiger partial charge in [0, 0.05) is 26.9 Å². The van der Waals surface area contributed by atoms with Crippen LogP contribution < -0.4 is 11.2 Å². The highest BCUT2D eigenvalue weighted by atomic mass is 28.3. The molecule has 0 bridgehead atoms. The molecular weight excluding hydrogens is 423 g/mol. The van der Waals surface area contributed by atoms with Crippen molar-refractivity contribution in [3.63, 3.8) is 0 Å². The van der Waals surface area contributed by atoms with Gasteiger partial charge in [-0.05, 0) is 46.1 Å². The number of carbonyl (C=O) groups excluding carboxylic acids is 1. The number of nitrogens with zero attached hydrogens (tertiary/aromatic N) is 2. The number of aromatic nitrogens is 3. The van der Waals surface area contributed by atoms with Crippen LogP contribution in [-0.2, 0) is 14.0 Å². The zero-order valence-corrected chi connectivity index (χ0v) is 21.6. The summed E-state index contributed by atoms with van der Waals surface area (Å²) >= 11 is 0. The molecule has 10 heteroatoms. The largest absolute Gasteiger partial charge is 0.494 e. The summed E-state index contributed by atoms with van der Waals surface area (Å²) in [6.45, 7) is 19.0. The first-order valence-electron chi connectivity index (χ1n) is 11.0. The van der Waals surface area contributed by atoms with Gasteiger partial charge in [0.15, 0.2) is 5.82 Å². The maximum atomic E-state index is 11.1. The molecule has 0 atom stereocenters. The van der Waals surface area contributed by atoms with Gasteiger partial charge >= 0.3 is 7.12 Å². The molecular formula is C22H37BN4O4Si. The highest BCUT2D eigenvalue weighted by Gasteiger charge is 2.51. The number of amides is 1. The second kappa shape index (κ2) is 10.3. The molecule has 0 aliphatic carbocycles. The van der Waals surface area contributed by atoms with E-state index in [9.17, 15) is 4.79 Å². The predicted octanol–water partition coefficient (Wildman–Crippen LogP) is 3.23. The van der Waals surface area contributed by atoms with E-state index in [1.807, 2.05) is 58.9 Å². The number of nitrogens with two attached hydrogens (primary N) is 1. The first-order chi connectivity index (χ1) is 14.8. The van der Waals surface area contributed by atoms with Gasteiger partial charge in [-0.2, -0.15) is 5.10 Å². The van der Waals surface area contributed by atoms with E-state index in [1.165, 1.54) is 6.04 Å². The van der Waals surface area contributed by atoms with Gasteiger partial charge in [-0.15, -0.1) is 0 Å². The number of aromatic amines is 1. The molecule has 3 N–H and O–H groups in total. The van der Waals surface area contributed by atoms with Crippen molar-refractivity contribution in [3.8, 4) is 11.4 Å². The average Bonchev–Trinajstić information content (AvgIpc) is 3.25. The van der Waals surface area contributed by atoms with E-state index in [0.717, 1.165) is 24.2 Å². The molecule has 176 valence electrons. The number of H-pyrrole nitrogens is 1. The Morgan fingerprint density at radius 3 is 2.31 bits per heavy atom. The van der Waals surface area contributed by atoms with Gasteiger partial charge in [0.25, 0.3) is 5.91 Å². The normalized spacial score (nSPS) is 17.1. The van der Waals surface area contributed by atoms with Crippen molar-refractivity contribution in [1.29, 1.82) is 0 Å². The molecule has 32 heavy (non-hydrogen) atoms. The van der Waals surface area contributed by atoms with Crippen molar-refractivity contribution in [1.82, 2.24) is 15.2 Å². The molecule has 1 amide bonds. The summed E-state index contributed by atoms with van der Waals surface area (Å²) in [4.78, 5) is 15.2. The second-order valence-corrected chi connectivity index (χ2v) is 15.7. The summed E-state index contributed by atoms with van der Waals surface area (Å²) in [5.74, 6) is -0.218. The van der Waals surface area contributed by atoms with Crippen molar-refractivity contribution >= 4 is 26.6 Å². The number of hydrogen-bond donors (Lipinski definition) is 2. The maximum Gasteiger partial charge on any atom is 0.494 e. The molecule has 3 rings (SSSR count). The van der Waals surface area contributed by atoms with E-state index in [4.69, 9.17) is 19.8 Å². The van der Waals surface area contributed by atoms with E-state index in [-0.39, 0.29) is 5.82 Å². The first-order valence-corrected chi connectivity index (χ1v) is 14.7. The third-order valence-corrected chi connectivity index (χ3v) is 7.29. The molecule has 2 aromatic rings. The van der Waals surface area contributed by atoms with Crippen molar-refractivity contribution in [2.24, 2.45) is 5.73 Å². The number of rotatable bonds is 7. The molecule has 1 aromatic heterocycles. The lowest BCUT2D eigenvalue weighted by Crippen LogP contribution is -2.41. The lowest BCUT2D eigenvalue weighted by Gasteiger charge is -2.32. The summed E-state index contributed by atoms with van der Waals surface area (Å²) in [6, 6.07) is 8.82. The predicted molar refractivity (Wildman–Crippen MR) is 131 cm³/mol. The van der Waals surface area contributed by atoms with Crippen molar-refractivity contribution in [3.05, 3.63) is 30.1 Å². The highest BCUT2D eigenvalue weighted by molar-refractivity contribution is 6.76. The number of ether oxygens (including phenoxy) is 1. The zero-order valence-electron chi connectivity index (χ0n) is 20.6. The van der Waals surface area contributed by atoms with Crippen molar-refractivity contribution in [2.75, 3.05) is 13.2 Å². The van der Waals surface area contributed by atoms with Gasteiger partial charge in [0.05, 0.1) is 11.2 Å². The molecule has 0 saturated carbocycles. The Morgan fingerprint density at radius 1 is 1.19 bits per heavy atom. The number of benzene rings is 1. The van der Waals surface area contributed by atoms with Crippen LogP contribution in [0.2, 0.25) is 25.7 Å². The van der Waals surface area contributed by atoms with Gasteiger partial charge in [-0.3, -0.25) is 9.89 Å². The Labute approximate surface area is 192 Å². The SMILES string of the molecule is CC1(C)OB(c2cccc(-c3n[nH]c(C(N)=O)n3)c2)OC1(C)C.CCOCC[Si](C)(C)C. The quantitative estimate of drug-likeness (QED) is 0.485. The minimum absolute atomic E-state index is 0.0287. The fourth-order valence-electron chi connectivity index (χ4n) is 2.83. The topological polar surface area (TPSA) is 112 Å². The molecule has 2 heterocycles. The summed E-state index contributed by atoms with van der Waals surface area (Å²) in [5, 5.41) is 6.53. The number of hydrogen-bond acceptors (Lipinski definition) is 6. The fraction of sp³-hybridized carbons (Fsp3) is 0.591. The summed E-state index contributed by atoms with van der Waals surface area (Å²) < 4.78 is 17.3. The van der Waals surface area contributed by atoms with Crippen LogP contribution in [0.1, 0.15) is 45.2 Å². The summed E-state index contributed by atoms with van der Waals surface area (Å²) in [7, 11) is -1.28. The van der Waals surface area contributed by atoms with E-state index < -0.39 is 32.3 Å². The summed E-state index contributed by atoms with van der Waals surface area (Å²) in [6.07, 6.45) is 0. The molecule has 1 fully saturated rings. The van der Waals surface area contributed by atoms with Crippen LogP contribution in [0.25, 0.3) is 11.4 Å². The molecule has 0 radical (unpaired) electrons. The monoisotopic (exact) mass is 460 g/mol. The molecule has 1 aliphatic heterocycles. The molecule has 0 spiro atoms. The maximum absolute atomic E-state index is 11.1. The Morgan fingerprint density at radius 2 is 1.81 bits per heavy atom. The lowest BCUT2D eigenvalue weighted by molar-refractivity contribution is 0.00578. The van der Waals surface area contributed by atoms with Gasteiger partial charge in [-0.25, -0.2) is 4.98 Å². The standard InChI is InChI=1S/C15H19BN4O3.C7H18OSi/c1-14(2)15(3,4)23-16(22-14)10-7-5-6-9(8-10)12-18-13(11(17)21)20-19-12;1-5-8-6-7-9(2,3)4/h5-8H,1-4H3,(H2,17,21)(H,18,19,20);5-7H2,1-4H3. The number of nitrogens with one attached hydrogen (secondary N) is 1. The van der Waals surface area contributed by atoms with E-state index in [0.29, 0.717) is 5.82 Å². The number of carbonyl (C=O) groups is 1. The molecule has 0 unspecified atom stereocenters. The third-order valence-electron chi connectivity index (χ3n) is 5.59. The van der Waals surface area contributed by atoms with Crippen LogP contribution in [0.4, 0.5) is 0 Å². The molecule has 1 saturated heterocycles. The Kier molecular flexibility index (Phi) is 8.44. The van der Waals surface area contributed by atoms with Gasteiger partial charge in [0.2, 0.25) is 5.82 Å².